The molecule has 0 aromatic heterocycles. The van der Waals surface area contributed by atoms with Crippen molar-refractivity contribution in [3.63, 3.8) is 0 Å². The number of dihydropyridines is 1. The van der Waals surface area contributed by atoms with Gasteiger partial charge in [0.1, 0.15) is 35.9 Å². The lowest BCUT2D eigenvalue weighted by Gasteiger charge is -2.40. The third-order valence-corrected chi connectivity index (χ3v) is 9.66. The van der Waals surface area contributed by atoms with E-state index >= 15 is 0 Å². The van der Waals surface area contributed by atoms with E-state index in [4.69, 9.17) is 15.2 Å². The van der Waals surface area contributed by atoms with Crippen LogP contribution >= 0.6 is 0 Å². The third-order valence-electron chi connectivity index (χ3n) is 9.66. The number of fused-ring (bicyclic) bond motifs is 2. The number of hydrogen-bond acceptors (Lipinski definition) is 11. The first-order valence-electron chi connectivity index (χ1n) is 15.3. The predicted octanol–water partition coefficient (Wildman–Crippen LogP) is 1.77. The average Bonchev–Trinajstić information content (AvgIpc) is 3.02. The van der Waals surface area contributed by atoms with E-state index in [0.29, 0.717) is 18.3 Å². The smallest absolute Gasteiger partial charge is 0.229 e. The maximum atomic E-state index is 13.9. The van der Waals surface area contributed by atoms with Crippen molar-refractivity contribution in [3.05, 3.63) is 76.7 Å². The van der Waals surface area contributed by atoms with E-state index in [2.05, 4.69) is 11.4 Å². The van der Waals surface area contributed by atoms with Crippen LogP contribution in [0.2, 0.25) is 0 Å². The van der Waals surface area contributed by atoms with Gasteiger partial charge in [-0.1, -0.05) is 37.1 Å². The summed E-state index contributed by atoms with van der Waals surface area (Å²) >= 11 is 0. The number of nitrogens with two attached hydrogens (primary N) is 1. The first kappa shape index (κ1) is 30.7. The van der Waals surface area contributed by atoms with Gasteiger partial charge in [0.25, 0.3) is 0 Å². The molecular formula is C33H40N2O9. The maximum Gasteiger partial charge on any atom is 0.229 e. The SMILES string of the molecule is NC1C=CC(C[C@@H]2CCCC[C@H]2CC2=C[C@@H]3C(=O)c4cccc(O[C@@H]5O[C@H](CO)[C@@H](O)[C@H](O)[C@H]5O)c4C(=O)[C@@H]3C(O)=C2)=CN1. The van der Waals surface area contributed by atoms with Gasteiger partial charge in [0.15, 0.2) is 11.6 Å². The van der Waals surface area contributed by atoms with Crippen LogP contribution in [-0.2, 0) is 4.74 Å². The number of hydrogen-bond donors (Lipinski definition) is 7. The molecule has 10 atom stereocenters. The summed E-state index contributed by atoms with van der Waals surface area (Å²) in [5.41, 5.74) is 8.01. The zero-order chi connectivity index (χ0) is 31.1. The molecule has 44 heavy (non-hydrogen) atoms. The Kier molecular flexibility index (Phi) is 8.78. The minimum absolute atomic E-state index is 0.0537. The molecule has 0 spiro atoms. The summed E-state index contributed by atoms with van der Waals surface area (Å²) in [6.45, 7) is -0.644. The fourth-order valence-electron chi connectivity index (χ4n) is 7.29. The van der Waals surface area contributed by atoms with Crippen LogP contribution in [0.15, 0.2) is 65.6 Å². The molecule has 1 aromatic rings. The van der Waals surface area contributed by atoms with Gasteiger partial charge in [-0.15, -0.1) is 0 Å². The van der Waals surface area contributed by atoms with Crippen molar-refractivity contribution in [2.45, 2.75) is 75.4 Å². The molecule has 8 N–H and O–H groups in total. The lowest BCUT2D eigenvalue weighted by molar-refractivity contribution is -0.277. The highest BCUT2D eigenvalue weighted by molar-refractivity contribution is 6.19. The highest BCUT2D eigenvalue weighted by Crippen LogP contribution is 2.45. The van der Waals surface area contributed by atoms with E-state index in [9.17, 15) is 35.1 Å². The molecule has 236 valence electrons. The monoisotopic (exact) mass is 608 g/mol. The molecule has 0 radical (unpaired) electrons. The quantitative estimate of drug-likeness (QED) is 0.239. The topological polar surface area (TPSA) is 192 Å². The first-order valence-corrected chi connectivity index (χ1v) is 15.3. The molecule has 5 aliphatic rings. The van der Waals surface area contributed by atoms with Crippen molar-refractivity contribution >= 4 is 11.6 Å². The molecule has 1 saturated heterocycles. The second-order valence-corrected chi connectivity index (χ2v) is 12.5. The summed E-state index contributed by atoms with van der Waals surface area (Å²) in [7, 11) is 0. The highest BCUT2D eigenvalue weighted by Gasteiger charge is 2.48. The summed E-state index contributed by atoms with van der Waals surface area (Å²) in [6.07, 6.45) is 7.61. The lowest BCUT2D eigenvalue weighted by Crippen LogP contribution is -2.60. The van der Waals surface area contributed by atoms with Crippen molar-refractivity contribution in [3.8, 4) is 5.75 Å². The van der Waals surface area contributed by atoms with Gasteiger partial charge in [-0.3, -0.25) is 9.59 Å². The summed E-state index contributed by atoms with van der Waals surface area (Å²) in [5.74, 6) is -2.27. The Labute approximate surface area is 255 Å². The molecule has 0 amide bonds. The van der Waals surface area contributed by atoms with Crippen molar-refractivity contribution in [1.29, 1.82) is 0 Å². The van der Waals surface area contributed by atoms with Gasteiger partial charge in [-0.2, -0.15) is 0 Å². The Morgan fingerprint density at radius 2 is 1.70 bits per heavy atom. The van der Waals surface area contributed by atoms with Gasteiger partial charge < -0.3 is 46.1 Å². The Balaban J connectivity index is 1.22. The number of allylic oxidation sites excluding steroid dienone is 6. The van der Waals surface area contributed by atoms with E-state index in [1.165, 1.54) is 23.8 Å². The van der Waals surface area contributed by atoms with E-state index in [-0.39, 0.29) is 34.6 Å². The number of aliphatic hydroxyl groups excluding tert-OH is 5. The zero-order valence-electron chi connectivity index (χ0n) is 24.3. The lowest BCUT2D eigenvalue weighted by atomic mass is 9.68. The molecule has 3 aliphatic carbocycles. The number of benzene rings is 1. The molecular weight excluding hydrogens is 568 g/mol. The van der Waals surface area contributed by atoms with E-state index in [0.717, 1.165) is 37.7 Å². The van der Waals surface area contributed by atoms with Crippen molar-refractivity contribution < 1.29 is 44.6 Å². The molecule has 1 aromatic carbocycles. The Morgan fingerprint density at radius 1 is 0.977 bits per heavy atom. The van der Waals surface area contributed by atoms with E-state index < -0.39 is 54.9 Å². The van der Waals surface area contributed by atoms with Gasteiger partial charge in [0, 0.05) is 11.8 Å². The molecule has 11 nitrogen and oxygen atoms in total. The maximum absolute atomic E-state index is 13.9. The van der Waals surface area contributed by atoms with Gasteiger partial charge in [-0.25, -0.2) is 0 Å². The molecule has 0 bridgehead atoms. The van der Waals surface area contributed by atoms with E-state index in [1.807, 2.05) is 18.4 Å². The molecule has 2 heterocycles. The normalized spacial score (nSPS) is 36.8. The van der Waals surface area contributed by atoms with Crippen LogP contribution in [-0.4, -0.2) is 80.6 Å². The summed E-state index contributed by atoms with van der Waals surface area (Å²) in [6, 6.07) is 4.49. The number of ketones is 2. The number of ether oxygens (including phenoxy) is 2. The minimum Gasteiger partial charge on any atom is -0.511 e. The predicted molar refractivity (Wildman–Crippen MR) is 158 cm³/mol. The Bertz CT molecular complexity index is 1420. The van der Waals surface area contributed by atoms with Crippen LogP contribution < -0.4 is 15.8 Å². The number of carbonyl (C=O) groups excluding carboxylic acids is 2. The second-order valence-electron chi connectivity index (χ2n) is 12.5. The molecule has 1 saturated carbocycles. The van der Waals surface area contributed by atoms with Crippen LogP contribution in [0, 0.1) is 23.7 Å². The number of nitrogens with one attached hydrogen (secondary N) is 1. The largest absolute Gasteiger partial charge is 0.511 e. The van der Waals surface area contributed by atoms with Gasteiger partial charge in [0.05, 0.1) is 30.2 Å². The Morgan fingerprint density at radius 3 is 2.39 bits per heavy atom. The number of carbonyl (C=O) groups is 2. The first-order chi connectivity index (χ1) is 21.2. The van der Waals surface area contributed by atoms with Crippen LogP contribution in [0.25, 0.3) is 0 Å². The van der Waals surface area contributed by atoms with Crippen molar-refractivity contribution in [2.75, 3.05) is 6.61 Å². The van der Waals surface area contributed by atoms with Gasteiger partial charge in [0.2, 0.25) is 6.29 Å². The minimum atomic E-state index is -1.69. The van der Waals surface area contributed by atoms with Crippen LogP contribution in [0.1, 0.15) is 59.2 Å². The molecule has 6 rings (SSSR count). The average molecular weight is 609 g/mol. The highest BCUT2D eigenvalue weighted by atomic mass is 16.7. The molecule has 2 aliphatic heterocycles. The van der Waals surface area contributed by atoms with Gasteiger partial charge in [-0.05, 0) is 66.9 Å². The van der Waals surface area contributed by atoms with Crippen LogP contribution in [0.5, 0.6) is 5.75 Å². The van der Waals surface area contributed by atoms with Crippen LogP contribution in [0.4, 0.5) is 0 Å². The molecule has 2 fully saturated rings. The number of aliphatic hydroxyl groups is 5. The fraction of sp³-hybridized carbons (Fsp3) is 0.515. The van der Waals surface area contributed by atoms with Crippen molar-refractivity contribution in [1.82, 2.24) is 5.32 Å². The van der Waals surface area contributed by atoms with Crippen LogP contribution in [0.3, 0.4) is 0 Å². The number of rotatable bonds is 7. The Hall–Kier alpha value is -3.32. The zero-order valence-corrected chi connectivity index (χ0v) is 24.3. The standard InChI is InChI=1S/C33H40N2O9/c34-25-9-8-16(14-35-25)10-18-4-1-2-5-19(18)11-17-12-21-26(22(37)13-17)30(40)27-20(28(21)38)6-3-7-23(27)43-33-32(42)31(41)29(39)24(15-36)44-33/h3,6-9,12-14,18-19,21,24-26,29,31-33,35-37,39,41-42H,1-2,4-5,10-11,15,34H2/t18-,19-,21-,24+,25?,26-,29+,31-,32+,33+/m0/s1. The second kappa shape index (κ2) is 12.6. The number of Topliss-reactive ketones (excluding diaryl/α,β-unsaturated/α-hetero) is 2. The molecule has 11 heteroatoms. The summed E-state index contributed by atoms with van der Waals surface area (Å²) in [5, 5.41) is 54.5. The van der Waals surface area contributed by atoms with Crippen molar-refractivity contribution in [2.24, 2.45) is 29.4 Å². The molecule has 1 unspecified atom stereocenters. The van der Waals surface area contributed by atoms with Gasteiger partial charge >= 0.3 is 0 Å². The summed E-state index contributed by atoms with van der Waals surface area (Å²) < 4.78 is 11.2. The fourth-order valence-corrected chi connectivity index (χ4v) is 7.29. The van der Waals surface area contributed by atoms with E-state index in [1.54, 1.807) is 6.08 Å². The summed E-state index contributed by atoms with van der Waals surface area (Å²) in [4.78, 5) is 27.7. The third kappa shape index (κ3) is 5.76.